The van der Waals surface area contributed by atoms with E-state index in [9.17, 15) is 26.4 Å². The Labute approximate surface area is 142 Å². The zero-order valence-corrected chi connectivity index (χ0v) is 13.9. The van der Waals surface area contributed by atoms with Crippen molar-refractivity contribution in [2.75, 3.05) is 17.1 Å². The Morgan fingerprint density at radius 1 is 1.20 bits per heavy atom. The van der Waals surface area contributed by atoms with Crippen LogP contribution in [0.1, 0.15) is 5.56 Å². The Balaban J connectivity index is 2.19. The lowest BCUT2D eigenvalue weighted by molar-refractivity contribution is -0.119. The largest absolute Gasteiger partial charge is 0.350 e. The molecule has 0 saturated heterocycles. The molecule has 25 heavy (non-hydrogen) atoms. The predicted molar refractivity (Wildman–Crippen MR) is 84.6 cm³/mol. The number of hydrogen-bond donors (Lipinski definition) is 1. The maximum atomic E-state index is 13.9. The number of carbonyl (C=O) groups is 1. The third-order valence-corrected chi connectivity index (χ3v) is 4.31. The summed E-state index contributed by atoms with van der Waals surface area (Å²) in [4.78, 5) is 15.8. The number of benzene rings is 1. The molecule has 0 unspecified atom stereocenters. The molecular formula is C15H14F3N3O3S. The van der Waals surface area contributed by atoms with E-state index in [2.05, 4.69) is 10.3 Å². The van der Waals surface area contributed by atoms with E-state index in [1.54, 1.807) is 18.3 Å². The first-order chi connectivity index (χ1) is 11.7. The number of amides is 1. The maximum absolute atomic E-state index is 13.9. The molecule has 1 N–H and O–H groups in total. The highest BCUT2D eigenvalue weighted by Gasteiger charge is 2.26. The van der Waals surface area contributed by atoms with Crippen molar-refractivity contribution in [3.63, 3.8) is 0 Å². The molecule has 0 atom stereocenters. The first kappa shape index (κ1) is 18.7. The maximum Gasteiger partial charge on any atom is 0.241 e. The number of hydrogen-bond acceptors (Lipinski definition) is 4. The van der Waals surface area contributed by atoms with Crippen LogP contribution in [-0.2, 0) is 21.4 Å². The normalized spacial score (nSPS) is 11.2. The van der Waals surface area contributed by atoms with Gasteiger partial charge in [-0.3, -0.25) is 14.1 Å². The van der Waals surface area contributed by atoms with Crippen LogP contribution in [0.3, 0.4) is 0 Å². The molecule has 0 saturated carbocycles. The van der Waals surface area contributed by atoms with Gasteiger partial charge in [0.15, 0.2) is 17.5 Å². The number of nitrogens with zero attached hydrogens (tertiary/aromatic N) is 2. The number of pyridine rings is 1. The summed E-state index contributed by atoms with van der Waals surface area (Å²) in [6, 6.07) is 4.68. The van der Waals surface area contributed by atoms with Gasteiger partial charge in [0.05, 0.1) is 11.9 Å². The van der Waals surface area contributed by atoms with Crippen molar-refractivity contribution in [1.82, 2.24) is 10.3 Å². The molecule has 2 aromatic rings. The van der Waals surface area contributed by atoms with Gasteiger partial charge in [-0.25, -0.2) is 21.6 Å². The lowest BCUT2D eigenvalue weighted by Crippen LogP contribution is -2.40. The Morgan fingerprint density at radius 3 is 2.52 bits per heavy atom. The second-order valence-electron chi connectivity index (χ2n) is 5.10. The highest BCUT2D eigenvalue weighted by molar-refractivity contribution is 7.92. The van der Waals surface area contributed by atoms with Gasteiger partial charge in [-0.15, -0.1) is 0 Å². The zero-order valence-electron chi connectivity index (χ0n) is 13.0. The predicted octanol–water partition coefficient (Wildman–Crippen LogP) is 1.58. The third-order valence-electron chi connectivity index (χ3n) is 3.18. The van der Waals surface area contributed by atoms with Crippen LogP contribution < -0.4 is 9.62 Å². The first-order valence-electron chi connectivity index (χ1n) is 6.97. The Kier molecular flexibility index (Phi) is 5.62. The second-order valence-corrected chi connectivity index (χ2v) is 7.01. The van der Waals surface area contributed by atoms with E-state index in [1.807, 2.05) is 0 Å². The molecule has 6 nitrogen and oxygen atoms in total. The van der Waals surface area contributed by atoms with Gasteiger partial charge in [0.1, 0.15) is 6.54 Å². The minimum absolute atomic E-state index is 0.0739. The molecule has 0 bridgehead atoms. The fraction of sp³-hybridized carbons (Fsp3) is 0.200. The van der Waals surface area contributed by atoms with Gasteiger partial charge in [-0.05, 0) is 23.8 Å². The van der Waals surface area contributed by atoms with Gasteiger partial charge in [-0.1, -0.05) is 6.07 Å². The number of nitrogens with one attached hydrogen (secondary N) is 1. The van der Waals surface area contributed by atoms with Crippen LogP contribution in [0.5, 0.6) is 0 Å². The summed E-state index contributed by atoms with van der Waals surface area (Å²) in [5.74, 6) is -5.72. The second kappa shape index (κ2) is 7.51. The van der Waals surface area contributed by atoms with E-state index in [-0.39, 0.29) is 6.54 Å². The summed E-state index contributed by atoms with van der Waals surface area (Å²) < 4.78 is 64.3. The highest BCUT2D eigenvalue weighted by atomic mass is 32.2. The van der Waals surface area contributed by atoms with Crippen LogP contribution in [-0.4, -0.2) is 32.1 Å². The van der Waals surface area contributed by atoms with Crippen LogP contribution in [0, 0.1) is 17.5 Å². The van der Waals surface area contributed by atoms with Crippen LogP contribution in [0.4, 0.5) is 18.9 Å². The quantitative estimate of drug-likeness (QED) is 0.780. The average Bonchev–Trinajstić information content (AvgIpc) is 2.56. The number of sulfonamides is 1. The molecule has 1 aromatic carbocycles. The standard InChI is InChI=1S/C15H14F3N3O3S/c1-25(23,24)21(12-5-4-11(16)14(17)15(12)18)9-13(22)20-8-10-3-2-6-19-7-10/h2-7H,8-9H2,1H3,(H,20,22). The van der Waals surface area contributed by atoms with E-state index in [0.29, 0.717) is 15.9 Å². The van der Waals surface area contributed by atoms with E-state index in [1.165, 1.54) is 6.20 Å². The van der Waals surface area contributed by atoms with E-state index < -0.39 is 45.6 Å². The van der Waals surface area contributed by atoms with Crippen molar-refractivity contribution in [2.24, 2.45) is 0 Å². The number of rotatable bonds is 6. The molecule has 1 heterocycles. The lowest BCUT2D eigenvalue weighted by atomic mass is 10.2. The molecule has 1 amide bonds. The van der Waals surface area contributed by atoms with E-state index >= 15 is 0 Å². The minimum Gasteiger partial charge on any atom is -0.350 e. The van der Waals surface area contributed by atoms with Crippen molar-refractivity contribution in [1.29, 1.82) is 0 Å². The molecule has 10 heteroatoms. The van der Waals surface area contributed by atoms with E-state index in [0.717, 1.165) is 12.3 Å². The van der Waals surface area contributed by atoms with Crippen molar-refractivity contribution < 1.29 is 26.4 Å². The van der Waals surface area contributed by atoms with Gasteiger partial charge in [0.2, 0.25) is 15.9 Å². The summed E-state index contributed by atoms with van der Waals surface area (Å²) in [7, 11) is -4.12. The molecule has 0 aliphatic rings. The van der Waals surface area contributed by atoms with Crippen molar-refractivity contribution in [3.8, 4) is 0 Å². The summed E-state index contributed by atoms with van der Waals surface area (Å²) in [6.07, 6.45) is 3.77. The summed E-state index contributed by atoms with van der Waals surface area (Å²) in [5.41, 5.74) is -0.0845. The van der Waals surface area contributed by atoms with Crippen molar-refractivity contribution in [3.05, 3.63) is 59.7 Å². The molecule has 1 aromatic heterocycles. The van der Waals surface area contributed by atoms with Crippen LogP contribution in [0.15, 0.2) is 36.7 Å². The highest BCUT2D eigenvalue weighted by Crippen LogP contribution is 2.25. The first-order valence-corrected chi connectivity index (χ1v) is 8.82. The summed E-state index contributed by atoms with van der Waals surface area (Å²) >= 11 is 0. The molecule has 0 radical (unpaired) electrons. The van der Waals surface area contributed by atoms with E-state index in [4.69, 9.17) is 0 Å². The summed E-state index contributed by atoms with van der Waals surface area (Å²) in [6.45, 7) is -0.717. The Morgan fingerprint density at radius 2 is 1.92 bits per heavy atom. The topological polar surface area (TPSA) is 79.4 Å². The van der Waals surface area contributed by atoms with Crippen LogP contribution >= 0.6 is 0 Å². The Hall–Kier alpha value is -2.62. The van der Waals surface area contributed by atoms with Crippen molar-refractivity contribution >= 4 is 21.6 Å². The van der Waals surface area contributed by atoms with Crippen LogP contribution in [0.25, 0.3) is 0 Å². The average molecular weight is 373 g/mol. The number of carbonyl (C=O) groups excluding carboxylic acids is 1. The molecule has 0 spiro atoms. The summed E-state index contributed by atoms with van der Waals surface area (Å²) in [5, 5.41) is 2.44. The molecule has 0 aliphatic carbocycles. The monoisotopic (exact) mass is 373 g/mol. The van der Waals surface area contributed by atoms with Crippen molar-refractivity contribution in [2.45, 2.75) is 6.54 Å². The van der Waals surface area contributed by atoms with Gasteiger partial charge >= 0.3 is 0 Å². The number of anilines is 1. The lowest BCUT2D eigenvalue weighted by Gasteiger charge is -2.22. The molecule has 134 valence electrons. The molecule has 0 fully saturated rings. The molecule has 2 rings (SSSR count). The smallest absolute Gasteiger partial charge is 0.241 e. The van der Waals surface area contributed by atoms with Crippen LogP contribution in [0.2, 0.25) is 0 Å². The van der Waals surface area contributed by atoms with Gasteiger partial charge < -0.3 is 5.32 Å². The zero-order chi connectivity index (χ0) is 18.6. The third kappa shape index (κ3) is 4.69. The number of halogens is 3. The Bertz CT molecular complexity index is 876. The van der Waals surface area contributed by atoms with Gasteiger partial charge in [-0.2, -0.15) is 0 Å². The molecule has 0 aliphatic heterocycles. The number of aromatic nitrogens is 1. The fourth-order valence-electron chi connectivity index (χ4n) is 1.98. The molecular weight excluding hydrogens is 359 g/mol. The minimum atomic E-state index is -4.12. The fourth-order valence-corrected chi connectivity index (χ4v) is 2.83. The SMILES string of the molecule is CS(=O)(=O)N(CC(=O)NCc1cccnc1)c1ccc(F)c(F)c1F. The van der Waals surface area contributed by atoms with Gasteiger partial charge in [0.25, 0.3) is 0 Å². The van der Waals surface area contributed by atoms with Gasteiger partial charge in [0, 0.05) is 18.9 Å².